The molecule has 3 heteroatoms. The summed E-state index contributed by atoms with van der Waals surface area (Å²) < 4.78 is 0. The van der Waals surface area contributed by atoms with Gasteiger partial charge in [-0.2, -0.15) is 0 Å². The van der Waals surface area contributed by atoms with Gasteiger partial charge in [0.25, 0.3) is 0 Å². The summed E-state index contributed by atoms with van der Waals surface area (Å²) in [5.74, 6) is 6.04. The molecule has 0 amide bonds. The van der Waals surface area contributed by atoms with E-state index >= 15 is 0 Å². The topological polar surface area (TPSA) is 32.5 Å². The van der Waals surface area contributed by atoms with Crippen LogP contribution in [0.2, 0.25) is 0 Å². The van der Waals surface area contributed by atoms with E-state index < -0.39 is 0 Å². The molecule has 16 heavy (non-hydrogen) atoms. The van der Waals surface area contributed by atoms with Gasteiger partial charge >= 0.3 is 0 Å². The molecule has 2 N–H and O–H groups in total. The Labute approximate surface area is 101 Å². The minimum atomic E-state index is 0.307. The second kappa shape index (κ2) is 6.59. The lowest BCUT2D eigenvalue weighted by Gasteiger charge is -2.29. The highest BCUT2D eigenvalue weighted by Gasteiger charge is 2.13. The SMILES string of the molecule is C=C(/C(CCC)=C(/C)N(N)C(C)C)N(C)C. The maximum Gasteiger partial charge on any atom is 0.0392 e. The maximum atomic E-state index is 6.04. The molecule has 0 bridgehead atoms. The van der Waals surface area contributed by atoms with Crippen molar-refractivity contribution in [2.45, 2.75) is 46.6 Å². The molecule has 0 unspecified atom stereocenters. The Bertz CT molecular complexity index is 264. The number of hydrogen-bond donors (Lipinski definition) is 1. The van der Waals surface area contributed by atoms with E-state index in [0.29, 0.717) is 6.04 Å². The van der Waals surface area contributed by atoms with E-state index in [0.717, 1.165) is 24.2 Å². The third-order valence-corrected chi connectivity index (χ3v) is 2.77. The van der Waals surface area contributed by atoms with Crippen LogP contribution in [0.4, 0.5) is 0 Å². The van der Waals surface area contributed by atoms with Gasteiger partial charge in [-0.3, -0.25) is 0 Å². The molecule has 0 rings (SSSR count). The molecule has 0 saturated heterocycles. The van der Waals surface area contributed by atoms with Gasteiger partial charge in [0, 0.05) is 31.5 Å². The second-order valence-corrected chi connectivity index (χ2v) is 4.66. The molecule has 0 atom stereocenters. The van der Waals surface area contributed by atoms with Crippen molar-refractivity contribution in [2.75, 3.05) is 14.1 Å². The molecule has 94 valence electrons. The van der Waals surface area contributed by atoms with Crippen molar-refractivity contribution in [3.8, 4) is 0 Å². The van der Waals surface area contributed by atoms with E-state index in [-0.39, 0.29) is 0 Å². The molecule has 0 aliphatic carbocycles. The highest BCUT2D eigenvalue weighted by atomic mass is 15.4. The summed E-state index contributed by atoms with van der Waals surface area (Å²) in [7, 11) is 4.03. The van der Waals surface area contributed by atoms with Crippen LogP contribution in [0.3, 0.4) is 0 Å². The van der Waals surface area contributed by atoms with Crippen LogP contribution in [0.1, 0.15) is 40.5 Å². The molecule has 0 spiro atoms. The number of nitrogens with two attached hydrogens (primary N) is 1. The molecule has 3 nitrogen and oxygen atoms in total. The second-order valence-electron chi connectivity index (χ2n) is 4.66. The van der Waals surface area contributed by atoms with Crippen molar-refractivity contribution in [3.05, 3.63) is 23.5 Å². The number of allylic oxidation sites excluding steroid dienone is 2. The van der Waals surface area contributed by atoms with Crippen molar-refractivity contribution in [1.29, 1.82) is 0 Å². The fourth-order valence-corrected chi connectivity index (χ4v) is 1.60. The Hall–Kier alpha value is -0.960. The molecule has 0 aromatic rings. The van der Waals surface area contributed by atoms with E-state index in [9.17, 15) is 0 Å². The third-order valence-electron chi connectivity index (χ3n) is 2.77. The predicted molar refractivity (Wildman–Crippen MR) is 71.6 cm³/mol. The first-order valence-corrected chi connectivity index (χ1v) is 5.93. The zero-order valence-corrected chi connectivity index (χ0v) is 11.7. The normalized spacial score (nSPS) is 12.5. The Morgan fingerprint density at radius 1 is 1.31 bits per heavy atom. The van der Waals surface area contributed by atoms with Crippen LogP contribution in [-0.2, 0) is 0 Å². The quantitative estimate of drug-likeness (QED) is 0.428. The highest BCUT2D eigenvalue weighted by Crippen LogP contribution is 2.22. The first kappa shape index (κ1) is 15.0. The molecule has 0 radical (unpaired) electrons. The van der Waals surface area contributed by atoms with Gasteiger partial charge in [-0.1, -0.05) is 19.9 Å². The third kappa shape index (κ3) is 3.89. The molecule has 0 aliphatic heterocycles. The largest absolute Gasteiger partial charge is 0.378 e. The van der Waals surface area contributed by atoms with Crippen molar-refractivity contribution >= 4 is 0 Å². The Kier molecular flexibility index (Phi) is 6.19. The van der Waals surface area contributed by atoms with Crippen LogP contribution < -0.4 is 5.84 Å². The number of rotatable bonds is 6. The van der Waals surface area contributed by atoms with Crippen LogP contribution in [0.15, 0.2) is 23.5 Å². The number of hydrogen-bond acceptors (Lipinski definition) is 3. The minimum Gasteiger partial charge on any atom is -0.378 e. The van der Waals surface area contributed by atoms with Crippen molar-refractivity contribution in [3.63, 3.8) is 0 Å². The van der Waals surface area contributed by atoms with Crippen molar-refractivity contribution in [2.24, 2.45) is 5.84 Å². The summed E-state index contributed by atoms with van der Waals surface area (Å²) in [6, 6.07) is 0.307. The lowest BCUT2D eigenvalue weighted by atomic mass is 10.0. The molecular formula is C13H27N3. The Morgan fingerprint density at radius 3 is 2.12 bits per heavy atom. The van der Waals surface area contributed by atoms with Gasteiger partial charge < -0.3 is 9.91 Å². The Morgan fingerprint density at radius 2 is 1.81 bits per heavy atom. The van der Waals surface area contributed by atoms with Crippen molar-refractivity contribution < 1.29 is 0 Å². The van der Waals surface area contributed by atoms with E-state index in [2.05, 4.69) is 34.3 Å². The molecule has 0 aliphatic rings. The van der Waals surface area contributed by atoms with E-state index in [1.165, 1.54) is 5.57 Å². The van der Waals surface area contributed by atoms with Gasteiger partial charge in [-0.25, -0.2) is 5.84 Å². The maximum absolute atomic E-state index is 6.04. The first-order valence-electron chi connectivity index (χ1n) is 5.93. The summed E-state index contributed by atoms with van der Waals surface area (Å²) in [4.78, 5) is 2.04. The lowest BCUT2D eigenvalue weighted by molar-refractivity contribution is 0.289. The average molecular weight is 225 g/mol. The van der Waals surface area contributed by atoms with Gasteiger partial charge in [0.05, 0.1) is 0 Å². The van der Waals surface area contributed by atoms with Crippen molar-refractivity contribution in [1.82, 2.24) is 9.91 Å². The van der Waals surface area contributed by atoms with Crippen LogP contribution in [0, 0.1) is 0 Å². The minimum absolute atomic E-state index is 0.307. The van der Waals surface area contributed by atoms with E-state index in [1.807, 2.05) is 24.0 Å². The summed E-state index contributed by atoms with van der Waals surface area (Å²) in [6.07, 6.45) is 2.12. The zero-order valence-electron chi connectivity index (χ0n) is 11.7. The Balaban J connectivity index is 5.14. The monoisotopic (exact) mass is 225 g/mol. The van der Waals surface area contributed by atoms with Crippen LogP contribution >= 0.6 is 0 Å². The summed E-state index contributed by atoms with van der Waals surface area (Å²) in [5, 5.41) is 1.82. The van der Waals surface area contributed by atoms with Gasteiger partial charge in [0.15, 0.2) is 0 Å². The summed E-state index contributed by atoms with van der Waals surface area (Å²) in [6.45, 7) is 12.5. The van der Waals surface area contributed by atoms with Gasteiger partial charge in [-0.15, -0.1) is 0 Å². The number of likely N-dealkylation sites (N-methyl/N-ethyl adjacent to an activating group) is 1. The summed E-state index contributed by atoms with van der Waals surface area (Å²) in [5.41, 5.74) is 3.43. The lowest BCUT2D eigenvalue weighted by Crippen LogP contribution is -2.37. The number of nitrogens with zero attached hydrogens (tertiary/aromatic N) is 2. The van der Waals surface area contributed by atoms with Gasteiger partial charge in [0.2, 0.25) is 0 Å². The summed E-state index contributed by atoms with van der Waals surface area (Å²) >= 11 is 0. The van der Waals surface area contributed by atoms with Crippen LogP contribution in [0.25, 0.3) is 0 Å². The number of hydrazine groups is 1. The zero-order chi connectivity index (χ0) is 12.9. The van der Waals surface area contributed by atoms with Crippen LogP contribution in [-0.4, -0.2) is 30.0 Å². The fraction of sp³-hybridized carbons (Fsp3) is 0.692. The standard InChI is InChI=1S/C13H27N3/c1-8-9-13(11(4)15(6)7)12(5)16(14)10(2)3/h10H,4,8-9,14H2,1-3,5-7H3/b13-12-. The highest BCUT2D eigenvalue weighted by molar-refractivity contribution is 5.30. The molecule has 0 heterocycles. The van der Waals surface area contributed by atoms with E-state index in [1.54, 1.807) is 0 Å². The average Bonchev–Trinajstić information content (AvgIpc) is 2.22. The predicted octanol–water partition coefficient (Wildman–Crippen LogP) is 2.72. The molecule has 0 aromatic carbocycles. The molecule has 0 fully saturated rings. The van der Waals surface area contributed by atoms with E-state index in [4.69, 9.17) is 5.84 Å². The molecular weight excluding hydrogens is 198 g/mol. The fourth-order valence-electron chi connectivity index (χ4n) is 1.60. The molecule has 0 saturated carbocycles. The van der Waals surface area contributed by atoms with Crippen LogP contribution in [0.5, 0.6) is 0 Å². The molecule has 0 aromatic heterocycles. The smallest absolute Gasteiger partial charge is 0.0392 e. The first-order chi connectivity index (χ1) is 7.32. The van der Waals surface area contributed by atoms with Gasteiger partial charge in [0.1, 0.15) is 0 Å². The van der Waals surface area contributed by atoms with Gasteiger partial charge in [-0.05, 0) is 32.8 Å².